The maximum absolute atomic E-state index is 14.3. The van der Waals surface area contributed by atoms with E-state index in [0.29, 0.717) is 0 Å². The molecule has 0 spiro atoms. The SMILES string of the molecule is CCCSN(SCCC)c1c(F)ccc(C(=O)Cl)c1F. The van der Waals surface area contributed by atoms with Crippen LogP contribution in [0.25, 0.3) is 0 Å². The van der Waals surface area contributed by atoms with E-state index in [-0.39, 0.29) is 11.3 Å². The summed E-state index contributed by atoms with van der Waals surface area (Å²) in [6.45, 7) is 3.97. The molecule has 1 aromatic carbocycles. The molecular formula is C13H16ClF2NOS2. The Bertz CT molecular complexity index is 466. The standard InChI is InChI=1S/C13H16ClF2NOS2/c1-3-7-19-17(20-8-4-2)12-10(15)6-5-9(11(12)16)13(14)18/h5-6H,3-4,7-8H2,1-2H3. The Balaban J connectivity index is 3.16. The van der Waals surface area contributed by atoms with Gasteiger partial charge < -0.3 is 0 Å². The van der Waals surface area contributed by atoms with Crippen molar-refractivity contribution in [2.75, 3.05) is 15.2 Å². The lowest BCUT2D eigenvalue weighted by Crippen LogP contribution is -2.12. The minimum atomic E-state index is -0.926. The molecule has 0 unspecified atom stereocenters. The van der Waals surface area contributed by atoms with Crippen LogP contribution in [-0.4, -0.2) is 16.7 Å². The molecule has 1 rings (SSSR count). The second-order valence-corrected chi connectivity index (χ2v) is 6.59. The van der Waals surface area contributed by atoms with Crippen molar-refractivity contribution in [2.45, 2.75) is 26.7 Å². The molecule has 0 saturated heterocycles. The molecule has 0 amide bonds. The van der Waals surface area contributed by atoms with E-state index in [4.69, 9.17) is 11.6 Å². The average molecular weight is 340 g/mol. The highest BCUT2D eigenvalue weighted by atomic mass is 35.5. The first-order valence-corrected chi connectivity index (χ1v) is 8.53. The van der Waals surface area contributed by atoms with E-state index in [9.17, 15) is 13.6 Å². The lowest BCUT2D eigenvalue weighted by molar-refractivity contribution is 0.107. The summed E-state index contributed by atoms with van der Waals surface area (Å²) in [5.41, 5.74) is -0.518. The maximum Gasteiger partial charge on any atom is 0.255 e. The van der Waals surface area contributed by atoms with Gasteiger partial charge in [-0.05, 0) is 60.5 Å². The van der Waals surface area contributed by atoms with E-state index in [1.165, 1.54) is 27.6 Å². The summed E-state index contributed by atoms with van der Waals surface area (Å²) >= 11 is 7.96. The molecule has 0 aromatic heterocycles. The summed E-state index contributed by atoms with van der Waals surface area (Å²) in [6.07, 6.45) is 1.76. The second kappa shape index (κ2) is 8.74. The van der Waals surface area contributed by atoms with Gasteiger partial charge in [0, 0.05) is 11.5 Å². The lowest BCUT2D eigenvalue weighted by atomic mass is 10.2. The van der Waals surface area contributed by atoms with Crippen LogP contribution in [0, 0.1) is 11.6 Å². The fraction of sp³-hybridized carbons (Fsp3) is 0.462. The first kappa shape index (κ1) is 17.6. The highest BCUT2D eigenvalue weighted by Gasteiger charge is 2.23. The topological polar surface area (TPSA) is 20.3 Å². The van der Waals surface area contributed by atoms with Gasteiger partial charge in [0.15, 0.2) is 11.6 Å². The first-order chi connectivity index (χ1) is 9.52. The Labute approximate surface area is 131 Å². The van der Waals surface area contributed by atoms with Crippen molar-refractivity contribution in [3.8, 4) is 0 Å². The van der Waals surface area contributed by atoms with Crippen LogP contribution in [0.3, 0.4) is 0 Å². The Kier molecular flexibility index (Phi) is 7.69. The van der Waals surface area contributed by atoms with Crippen LogP contribution in [-0.2, 0) is 0 Å². The monoisotopic (exact) mass is 339 g/mol. The summed E-state index contributed by atoms with van der Waals surface area (Å²) in [5, 5.41) is -0.926. The molecule has 0 aliphatic carbocycles. The van der Waals surface area contributed by atoms with Crippen molar-refractivity contribution >= 4 is 46.4 Å². The molecule has 0 radical (unpaired) electrons. The van der Waals surface area contributed by atoms with Crippen LogP contribution in [0.5, 0.6) is 0 Å². The summed E-state index contributed by atoms with van der Waals surface area (Å²) in [5.74, 6) is -0.142. The maximum atomic E-state index is 14.3. The summed E-state index contributed by atoms with van der Waals surface area (Å²) in [6, 6.07) is 2.14. The van der Waals surface area contributed by atoms with Crippen LogP contribution in [0.1, 0.15) is 37.0 Å². The third-order valence-electron chi connectivity index (χ3n) is 2.29. The largest absolute Gasteiger partial charge is 0.275 e. The van der Waals surface area contributed by atoms with E-state index in [1.807, 2.05) is 13.8 Å². The number of rotatable bonds is 8. The van der Waals surface area contributed by atoms with Gasteiger partial charge in [-0.2, -0.15) is 0 Å². The van der Waals surface area contributed by atoms with Crippen molar-refractivity contribution < 1.29 is 13.6 Å². The summed E-state index contributed by atoms with van der Waals surface area (Å²) in [7, 11) is 0. The Morgan fingerprint density at radius 1 is 1.20 bits per heavy atom. The van der Waals surface area contributed by atoms with Crippen molar-refractivity contribution in [1.82, 2.24) is 0 Å². The number of carbonyl (C=O) groups excluding carboxylic acids is 1. The molecule has 7 heteroatoms. The highest BCUT2D eigenvalue weighted by Crippen LogP contribution is 2.37. The molecule has 0 fully saturated rings. The predicted octanol–water partition coefficient (Wildman–Crippen LogP) is 5.27. The third-order valence-corrected chi connectivity index (χ3v) is 5.14. The van der Waals surface area contributed by atoms with Crippen molar-refractivity contribution in [3.05, 3.63) is 29.3 Å². The van der Waals surface area contributed by atoms with Gasteiger partial charge in [-0.25, -0.2) is 8.78 Å². The van der Waals surface area contributed by atoms with Crippen molar-refractivity contribution in [1.29, 1.82) is 0 Å². The molecule has 2 nitrogen and oxygen atoms in total. The number of hydrogen-bond acceptors (Lipinski definition) is 4. The van der Waals surface area contributed by atoms with Gasteiger partial charge in [0.05, 0.1) is 5.56 Å². The quantitative estimate of drug-likeness (QED) is 0.475. The van der Waals surface area contributed by atoms with Gasteiger partial charge in [-0.15, -0.1) is 0 Å². The van der Waals surface area contributed by atoms with Gasteiger partial charge in [0.1, 0.15) is 5.69 Å². The average Bonchev–Trinajstić information content (AvgIpc) is 2.40. The normalized spacial score (nSPS) is 10.7. The minimum absolute atomic E-state index is 0.214. The molecule has 112 valence electrons. The molecule has 0 atom stereocenters. The number of halogens is 3. The number of benzene rings is 1. The fourth-order valence-corrected chi connectivity index (χ4v) is 3.56. The molecule has 0 aliphatic heterocycles. The number of nitrogens with zero attached hydrogens (tertiary/aromatic N) is 1. The molecular weight excluding hydrogens is 324 g/mol. The Morgan fingerprint density at radius 3 is 2.20 bits per heavy atom. The Hall–Kier alpha value is -0.460. The zero-order valence-electron chi connectivity index (χ0n) is 11.3. The molecule has 0 N–H and O–H groups in total. The van der Waals surface area contributed by atoms with Crippen LogP contribution in [0.4, 0.5) is 14.5 Å². The van der Waals surface area contributed by atoms with Gasteiger partial charge in [-0.1, -0.05) is 13.8 Å². The Morgan fingerprint density at radius 2 is 1.75 bits per heavy atom. The summed E-state index contributed by atoms with van der Waals surface area (Å²) in [4.78, 5) is 11.2. The van der Waals surface area contributed by atoms with Crippen LogP contribution in [0.2, 0.25) is 0 Å². The predicted molar refractivity (Wildman–Crippen MR) is 84.5 cm³/mol. The van der Waals surface area contributed by atoms with E-state index in [0.717, 1.165) is 36.5 Å². The lowest BCUT2D eigenvalue weighted by Gasteiger charge is -2.23. The van der Waals surface area contributed by atoms with Gasteiger partial charge in [0.2, 0.25) is 0 Å². The molecule has 0 bridgehead atoms. The number of carbonyl (C=O) groups is 1. The second-order valence-electron chi connectivity index (χ2n) is 3.95. The molecule has 0 aliphatic rings. The first-order valence-electron chi connectivity index (χ1n) is 6.26. The van der Waals surface area contributed by atoms with Crippen LogP contribution < -0.4 is 3.71 Å². The fourth-order valence-electron chi connectivity index (χ4n) is 1.37. The zero-order chi connectivity index (χ0) is 15.1. The highest BCUT2D eigenvalue weighted by molar-refractivity contribution is 8.18. The molecule has 0 heterocycles. The van der Waals surface area contributed by atoms with Crippen molar-refractivity contribution in [2.24, 2.45) is 0 Å². The smallest absolute Gasteiger partial charge is 0.255 e. The third kappa shape index (κ3) is 4.53. The zero-order valence-corrected chi connectivity index (χ0v) is 13.7. The van der Waals surface area contributed by atoms with E-state index in [1.54, 1.807) is 0 Å². The molecule has 1 aromatic rings. The minimum Gasteiger partial charge on any atom is -0.275 e. The van der Waals surface area contributed by atoms with Gasteiger partial charge in [-0.3, -0.25) is 8.51 Å². The van der Waals surface area contributed by atoms with E-state index in [2.05, 4.69) is 0 Å². The summed E-state index contributed by atoms with van der Waals surface area (Å²) < 4.78 is 29.7. The van der Waals surface area contributed by atoms with Gasteiger partial charge >= 0.3 is 0 Å². The number of anilines is 1. The van der Waals surface area contributed by atoms with Crippen LogP contribution in [0.15, 0.2) is 12.1 Å². The molecule has 20 heavy (non-hydrogen) atoms. The van der Waals surface area contributed by atoms with Crippen LogP contribution >= 0.6 is 35.5 Å². The van der Waals surface area contributed by atoms with Crippen molar-refractivity contribution in [3.63, 3.8) is 0 Å². The van der Waals surface area contributed by atoms with E-state index >= 15 is 0 Å². The van der Waals surface area contributed by atoms with Gasteiger partial charge in [0.25, 0.3) is 5.24 Å². The number of hydrogen-bond donors (Lipinski definition) is 0. The van der Waals surface area contributed by atoms with E-state index < -0.39 is 16.9 Å². The molecule has 0 saturated carbocycles.